The largest absolute Gasteiger partial charge is 0.307 e. The lowest BCUT2D eigenvalue weighted by atomic mass is 10.4. The fourth-order valence-electron chi connectivity index (χ4n) is 0.716. The predicted molar refractivity (Wildman–Crippen MR) is 41.4 cm³/mol. The zero-order valence-corrected chi connectivity index (χ0v) is 6.57. The van der Waals surface area contributed by atoms with Gasteiger partial charge in [-0.1, -0.05) is 0 Å². The van der Waals surface area contributed by atoms with E-state index in [2.05, 4.69) is 10.5 Å². The minimum Gasteiger partial charge on any atom is -0.307 e. The van der Waals surface area contributed by atoms with E-state index in [1.807, 2.05) is 19.9 Å². The van der Waals surface area contributed by atoms with Crippen molar-refractivity contribution in [1.29, 1.82) is 5.26 Å². The molecule has 0 unspecified atom stereocenters. The van der Waals surface area contributed by atoms with Crippen LogP contribution in [0, 0.1) is 11.3 Å². The van der Waals surface area contributed by atoms with Crippen molar-refractivity contribution in [3.8, 4) is 6.07 Å². The number of nitriles is 1. The monoisotopic (exact) mass is 150 g/mol. The van der Waals surface area contributed by atoms with Gasteiger partial charge in [0.15, 0.2) is 0 Å². The summed E-state index contributed by atoms with van der Waals surface area (Å²) in [5.74, 6) is 0. The van der Waals surface area contributed by atoms with Crippen LogP contribution in [0.1, 0.15) is 19.4 Å². The lowest BCUT2D eigenvalue weighted by Gasteiger charge is -2.07. The Balaban J connectivity index is 2.67. The van der Waals surface area contributed by atoms with Gasteiger partial charge in [-0.3, -0.25) is 0 Å². The first-order chi connectivity index (χ1) is 5.22. The summed E-state index contributed by atoms with van der Waals surface area (Å²) in [6, 6.07) is 2.32. The van der Waals surface area contributed by atoms with E-state index in [9.17, 15) is 0 Å². The highest BCUT2D eigenvalue weighted by molar-refractivity contribution is 5.21. The first kappa shape index (κ1) is 7.61. The van der Waals surface area contributed by atoms with Gasteiger partial charge in [-0.2, -0.15) is 15.2 Å². The minimum absolute atomic E-state index is 0.321. The summed E-state index contributed by atoms with van der Waals surface area (Å²) < 4.78 is 0. The van der Waals surface area contributed by atoms with Gasteiger partial charge in [0.05, 0.1) is 18.0 Å². The van der Waals surface area contributed by atoms with Gasteiger partial charge >= 0.3 is 0 Å². The third kappa shape index (κ3) is 1.97. The number of nitrogens with zero attached hydrogens (tertiary/aromatic N) is 3. The summed E-state index contributed by atoms with van der Waals surface area (Å²) in [4.78, 5) is 1.54. The fraction of sp³-hybridized carbons (Fsp3) is 0.429. The number of hydrogen-bond donors (Lipinski definition) is 1. The first-order valence-corrected chi connectivity index (χ1v) is 3.43. The molecule has 1 N–H and O–H groups in total. The number of aromatic nitrogens is 2. The van der Waals surface area contributed by atoms with E-state index in [-0.39, 0.29) is 0 Å². The smallest absolute Gasteiger partial charge is 0.103 e. The summed E-state index contributed by atoms with van der Waals surface area (Å²) in [5, 5.41) is 12.4. The van der Waals surface area contributed by atoms with Crippen molar-refractivity contribution < 1.29 is 0 Å². The minimum atomic E-state index is 0.321. The Morgan fingerprint density at radius 3 is 2.91 bits per heavy atom. The summed E-state index contributed by atoms with van der Waals surface area (Å²) >= 11 is 0. The van der Waals surface area contributed by atoms with Gasteiger partial charge in [0.25, 0.3) is 0 Å². The van der Waals surface area contributed by atoms with E-state index < -0.39 is 0 Å². The van der Waals surface area contributed by atoms with Crippen molar-refractivity contribution in [2.24, 2.45) is 0 Å². The van der Waals surface area contributed by atoms with E-state index in [1.165, 1.54) is 6.20 Å². The molecule has 0 radical (unpaired) electrons. The molecule has 1 rings (SSSR count). The summed E-state index contributed by atoms with van der Waals surface area (Å²) in [6.07, 6.45) is 3.18. The molecule has 0 saturated heterocycles. The zero-order chi connectivity index (χ0) is 8.27. The maximum Gasteiger partial charge on any atom is 0.103 e. The maximum atomic E-state index is 8.45. The van der Waals surface area contributed by atoms with Crippen LogP contribution in [0.5, 0.6) is 0 Å². The lowest BCUT2D eigenvalue weighted by molar-refractivity contribution is 0.668. The molecule has 0 aliphatic rings. The van der Waals surface area contributed by atoms with Crippen LogP contribution >= 0.6 is 0 Å². The molecule has 0 saturated carbocycles. The summed E-state index contributed by atoms with van der Waals surface area (Å²) in [5.41, 5.74) is 3.58. The molecular formula is C7H10N4. The topological polar surface area (TPSA) is 53.6 Å². The van der Waals surface area contributed by atoms with E-state index >= 15 is 0 Å². The second-order valence-corrected chi connectivity index (χ2v) is 2.57. The van der Waals surface area contributed by atoms with Gasteiger partial charge in [0.1, 0.15) is 6.07 Å². The highest BCUT2D eigenvalue weighted by Gasteiger charge is 1.96. The maximum absolute atomic E-state index is 8.45. The standard InChI is InChI=1S/C7H10N4/c1-6(2)10-11-5-7(3-8)4-9-11/h4-6,10H,1-2H3. The van der Waals surface area contributed by atoms with Crippen LogP contribution in [0.4, 0.5) is 0 Å². The molecule has 0 spiro atoms. The van der Waals surface area contributed by atoms with Crippen LogP contribution in [0.15, 0.2) is 12.4 Å². The Bertz CT molecular complexity index is 268. The summed E-state index contributed by atoms with van der Waals surface area (Å²) in [7, 11) is 0. The quantitative estimate of drug-likeness (QED) is 0.675. The van der Waals surface area contributed by atoms with E-state index in [4.69, 9.17) is 5.26 Å². The van der Waals surface area contributed by atoms with Crippen LogP contribution in [0.3, 0.4) is 0 Å². The van der Waals surface area contributed by atoms with Crippen molar-refractivity contribution in [2.75, 3.05) is 5.43 Å². The zero-order valence-electron chi connectivity index (χ0n) is 6.57. The second-order valence-electron chi connectivity index (χ2n) is 2.57. The molecule has 0 amide bonds. The van der Waals surface area contributed by atoms with E-state index in [0.29, 0.717) is 11.6 Å². The highest BCUT2D eigenvalue weighted by atomic mass is 15.6. The Morgan fingerprint density at radius 2 is 2.45 bits per heavy atom. The third-order valence-electron chi connectivity index (χ3n) is 1.10. The number of hydrogen-bond acceptors (Lipinski definition) is 3. The average Bonchev–Trinajstić information content (AvgIpc) is 2.34. The Morgan fingerprint density at radius 1 is 1.73 bits per heavy atom. The molecule has 58 valence electrons. The van der Waals surface area contributed by atoms with Gasteiger partial charge in [0.2, 0.25) is 0 Å². The van der Waals surface area contributed by atoms with Crippen molar-refractivity contribution >= 4 is 0 Å². The first-order valence-electron chi connectivity index (χ1n) is 3.43. The van der Waals surface area contributed by atoms with Gasteiger partial charge in [-0.05, 0) is 13.8 Å². The molecule has 0 bridgehead atoms. The summed E-state index contributed by atoms with van der Waals surface area (Å²) in [6.45, 7) is 4.02. The van der Waals surface area contributed by atoms with Crippen molar-refractivity contribution in [1.82, 2.24) is 9.89 Å². The van der Waals surface area contributed by atoms with E-state index in [0.717, 1.165) is 0 Å². The molecular weight excluding hydrogens is 140 g/mol. The molecule has 4 nitrogen and oxygen atoms in total. The molecule has 0 aliphatic carbocycles. The number of rotatable bonds is 2. The van der Waals surface area contributed by atoms with Crippen LogP contribution in [0.25, 0.3) is 0 Å². The van der Waals surface area contributed by atoms with Crippen LogP contribution in [0.2, 0.25) is 0 Å². The Labute approximate surface area is 65.4 Å². The SMILES string of the molecule is CC(C)Nn1cc(C#N)cn1. The molecule has 4 heteroatoms. The molecule has 1 aromatic rings. The Hall–Kier alpha value is -1.50. The van der Waals surface area contributed by atoms with Crippen LogP contribution < -0.4 is 5.43 Å². The van der Waals surface area contributed by atoms with Gasteiger partial charge in [-0.15, -0.1) is 0 Å². The second kappa shape index (κ2) is 3.06. The molecule has 0 aliphatic heterocycles. The van der Waals surface area contributed by atoms with Gasteiger partial charge in [-0.25, -0.2) is 0 Å². The van der Waals surface area contributed by atoms with E-state index in [1.54, 1.807) is 11.0 Å². The highest BCUT2D eigenvalue weighted by Crippen LogP contribution is 1.92. The number of nitrogens with one attached hydrogen (secondary N) is 1. The molecule has 0 atom stereocenters. The van der Waals surface area contributed by atoms with Gasteiger partial charge < -0.3 is 5.43 Å². The third-order valence-corrected chi connectivity index (χ3v) is 1.10. The van der Waals surface area contributed by atoms with Crippen LogP contribution in [-0.4, -0.2) is 15.9 Å². The normalized spacial score (nSPS) is 9.64. The fourth-order valence-corrected chi connectivity index (χ4v) is 0.716. The van der Waals surface area contributed by atoms with Crippen LogP contribution in [-0.2, 0) is 0 Å². The Kier molecular flexibility index (Phi) is 2.12. The van der Waals surface area contributed by atoms with Crippen molar-refractivity contribution in [3.05, 3.63) is 18.0 Å². The molecule has 0 aromatic carbocycles. The predicted octanol–water partition coefficient (Wildman–Crippen LogP) is 0.707. The molecule has 11 heavy (non-hydrogen) atoms. The molecule has 1 heterocycles. The molecule has 0 fully saturated rings. The van der Waals surface area contributed by atoms with Crippen molar-refractivity contribution in [2.45, 2.75) is 19.9 Å². The molecule has 1 aromatic heterocycles. The van der Waals surface area contributed by atoms with Gasteiger partial charge in [0, 0.05) is 6.04 Å². The average molecular weight is 150 g/mol. The lowest BCUT2D eigenvalue weighted by Crippen LogP contribution is -2.22. The van der Waals surface area contributed by atoms with Crippen molar-refractivity contribution in [3.63, 3.8) is 0 Å².